The van der Waals surface area contributed by atoms with Gasteiger partial charge in [0.05, 0.1) is 19.3 Å². The monoisotopic (exact) mass is 719 g/mol. The van der Waals surface area contributed by atoms with Crippen LogP contribution in [0.3, 0.4) is 0 Å². The van der Waals surface area contributed by atoms with E-state index in [-0.39, 0.29) is 29.6 Å². The number of aliphatic hydroxyl groups is 1. The minimum Gasteiger partial charge on any atom is -0.457 e. The number of piperazine rings is 1. The van der Waals surface area contributed by atoms with E-state index in [9.17, 15) is 19.5 Å². The highest BCUT2D eigenvalue weighted by Crippen LogP contribution is 2.36. The maximum absolute atomic E-state index is 13.9. The molecule has 2 heterocycles. The molecule has 2 aromatic carbocycles. The standard InChI is InChI=1S/C41H61N5O6/c1-4-5-21-46-39(49)36(37(47)32-9-7-6-8-10-32)44-40(50)41(46)19-22-45(23-20-41)26-31-11-15-34(16-12-31)52-35-17-13-33(14-18-35)38(48)43-25-30(3)28-51-27-29(2)24-42/h11-18,29-30,32,36-37,47H,4-10,19-28,42H2,1-3H3,(H,43,48)(H,44,50)/t29?,30?,36-,37-/m1/s1. The Morgan fingerprint density at radius 1 is 0.981 bits per heavy atom. The highest BCUT2D eigenvalue weighted by molar-refractivity contribution is 6.00. The van der Waals surface area contributed by atoms with Gasteiger partial charge < -0.3 is 35.8 Å². The van der Waals surface area contributed by atoms with Crippen molar-refractivity contribution in [2.24, 2.45) is 23.5 Å². The SMILES string of the molecule is CCCCN1C(=O)[C@@H]([C@H](O)C2CCCCC2)NC(=O)C12CCN(Cc1ccc(Oc3ccc(C(=O)NCC(C)COCC(C)CN)cc3)cc1)CC2. The molecule has 3 aliphatic rings. The number of benzene rings is 2. The van der Waals surface area contributed by atoms with E-state index in [1.54, 1.807) is 24.3 Å². The maximum atomic E-state index is 13.9. The Balaban J connectivity index is 1.09. The molecule has 3 amide bonds. The van der Waals surface area contributed by atoms with Gasteiger partial charge in [-0.1, -0.05) is 58.6 Å². The number of piperidine rings is 1. The molecule has 2 aliphatic heterocycles. The molecule has 1 aliphatic carbocycles. The van der Waals surface area contributed by atoms with E-state index in [0.29, 0.717) is 81.8 Å². The lowest BCUT2D eigenvalue weighted by molar-refractivity contribution is -0.166. The molecule has 5 N–H and O–H groups in total. The summed E-state index contributed by atoms with van der Waals surface area (Å²) < 4.78 is 11.8. The number of hydrogen-bond acceptors (Lipinski definition) is 8. The van der Waals surface area contributed by atoms with Crippen LogP contribution in [0.2, 0.25) is 0 Å². The summed E-state index contributed by atoms with van der Waals surface area (Å²) in [5, 5.41) is 17.2. The summed E-state index contributed by atoms with van der Waals surface area (Å²) in [4.78, 5) is 44.6. The van der Waals surface area contributed by atoms with E-state index in [1.807, 2.05) is 43.0 Å². The molecular weight excluding hydrogens is 658 g/mol. The Morgan fingerprint density at radius 2 is 1.62 bits per heavy atom. The van der Waals surface area contributed by atoms with Gasteiger partial charge >= 0.3 is 0 Å². The lowest BCUT2D eigenvalue weighted by atomic mass is 9.78. The molecular formula is C41H61N5O6. The fraction of sp³-hybridized carbons (Fsp3) is 0.634. The van der Waals surface area contributed by atoms with Gasteiger partial charge in [0, 0.05) is 38.3 Å². The molecule has 4 atom stereocenters. The smallest absolute Gasteiger partial charge is 0.251 e. The normalized spacial score (nSPS) is 21.4. The maximum Gasteiger partial charge on any atom is 0.251 e. The van der Waals surface area contributed by atoms with Gasteiger partial charge in [0.1, 0.15) is 23.1 Å². The molecule has 286 valence electrons. The second-order valence-corrected chi connectivity index (χ2v) is 15.5. The van der Waals surface area contributed by atoms with Gasteiger partial charge in [-0.15, -0.1) is 0 Å². The lowest BCUT2D eigenvalue weighted by Crippen LogP contribution is -2.75. The topological polar surface area (TPSA) is 146 Å². The minimum atomic E-state index is -0.865. The van der Waals surface area contributed by atoms with Crippen LogP contribution < -0.4 is 21.1 Å². The molecule has 11 heteroatoms. The summed E-state index contributed by atoms with van der Waals surface area (Å²) in [6.45, 7) is 11.1. The molecule has 1 saturated carbocycles. The second-order valence-electron chi connectivity index (χ2n) is 15.5. The van der Waals surface area contributed by atoms with Crippen LogP contribution in [-0.4, -0.2) is 96.3 Å². The zero-order chi connectivity index (χ0) is 37.1. The zero-order valence-corrected chi connectivity index (χ0v) is 31.5. The van der Waals surface area contributed by atoms with Crippen molar-refractivity contribution in [2.75, 3.05) is 45.9 Å². The Bertz CT molecular complexity index is 1440. The first-order valence-corrected chi connectivity index (χ1v) is 19.6. The number of nitrogens with zero attached hydrogens (tertiary/aromatic N) is 2. The van der Waals surface area contributed by atoms with Crippen LogP contribution in [0, 0.1) is 17.8 Å². The molecule has 0 bridgehead atoms. The first kappa shape index (κ1) is 39.7. The lowest BCUT2D eigenvalue weighted by Gasteiger charge is -2.52. The highest BCUT2D eigenvalue weighted by atomic mass is 16.5. The van der Waals surface area contributed by atoms with Crippen molar-refractivity contribution >= 4 is 17.7 Å². The molecule has 11 nitrogen and oxygen atoms in total. The summed E-state index contributed by atoms with van der Waals surface area (Å²) >= 11 is 0. The minimum absolute atomic E-state index is 0.0595. The number of amides is 3. The molecule has 2 saturated heterocycles. The molecule has 2 unspecified atom stereocenters. The quantitative estimate of drug-likeness (QED) is 0.182. The van der Waals surface area contributed by atoms with Crippen LogP contribution in [0.5, 0.6) is 11.5 Å². The largest absolute Gasteiger partial charge is 0.457 e. The average molecular weight is 720 g/mol. The Kier molecular flexibility index (Phi) is 14.5. The molecule has 1 spiro atoms. The summed E-state index contributed by atoms with van der Waals surface area (Å²) in [6, 6.07) is 14.2. The molecule has 3 fully saturated rings. The van der Waals surface area contributed by atoms with E-state index in [0.717, 1.165) is 50.6 Å². The summed E-state index contributed by atoms with van der Waals surface area (Å²) in [6.07, 6.45) is 7.16. The van der Waals surface area contributed by atoms with Crippen LogP contribution in [-0.2, 0) is 20.9 Å². The van der Waals surface area contributed by atoms with Gasteiger partial charge in [-0.3, -0.25) is 19.3 Å². The zero-order valence-electron chi connectivity index (χ0n) is 31.5. The van der Waals surface area contributed by atoms with E-state index < -0.39 is 17.7 Å². The van der Waals surface area contributed by atoms with Gasteiger partial charge in [0.25, 0.3) is 5.91 Å². The van der Waals surface area contributed by atoms with E-state index in [4.69, 9.17) is 15.2 Å². The number of nitrogens with one attached hydrogen (secondary N) is 2. The van der Waals surface area contributed by atoms with Crippen molar-refractivity contribution in [2.45, 2.75) is 103 Å². The van der Waals surface area contributed by atoms with E-state index >= 15 is 0 Å². The third kappa shape index (κ3) is 10.1. The Labute approximate surface area is 310 Å². The van der Waals surface area contributed by atoms with Crippen LogP contribution in [0.4, 0.5) is 0 Å². The fourth-order valence-corrected chi connectivity index (χ4v) is 7.73. The number of unbranched alkanes of at least 4 members (excludes halogenated alkanes) is 1. The summed E-state index contributed by atoms with van der Waals surface area (Å²) in [7, 11) is 0. The number of nitrogens with two attached hydrogens (primary N) is 1. The Morgan fingerprint density at radius 3 is 2.25 bits per heavy atom. The molecule has 2 aromatic rings. The molecule has 0 aromatic heterocycles. The van der Waals surface area contributed by atoms with Crippen molar-refractivity contribution < 1.29 is 29.0 Å². The molecule has 52 heavy (non-hydrogen) atoms. The Hall–Kier alpha value is -3.51. The molecule has 5 rings (SSSR count). The average Bonchev–Trinajstić information content (AvgIpc) is 3.17. The first-order chi connectivity index (χ1) is 25.1. The number of ether oxygens (including phenoxy) is 2. The highest BCUT2D eigenvalue weighted by Gasteiger charge is 2.55. The van der Waals surface area contributed by atoms with Gasteiger partial charge in [0.15, 0.2) is 0 Å². The first-order valence-electron chi connectivity index (χ1n) is 19.6. The number of likely N-dealkylation sites (tertiary alicyclic amines) is 1. The van der Waals surface area contributed by atoms with Gasteiger partial charge in [-0.25, -0.2) is 0 Å². The fourth-order valence-electron chi connectivity index (χ4n) is 7.73. The van der Waals surface area contributed by atoms with Crippen molar-refractivity contribution in [3.8, 4) is 11.5 Å². The summed E-state index contributed by atoms with van der Waals surface area (Å²) in [5.74, 6) is 1.55. The van der Waals surface area contributed by atoms with Crippen molar-refractivity contribution in [3.05, 3.63) is 59.7 Å². The van der Waals surface area contributed by atoms with Crippen LogP contribution >= 0.6 is 0 Å². The van der Waals surface area contributed by atoms with Crippen molar-refractivity contribution in [1.29, 1.82) is 0 Å². The van der Waals surface area contributed by atoms with Crippen LogP contribution in [0.1, 0.15) is 94.5 Å². The van der Waals surface area contributed by atoms with Gasteiger partial charge in [0.2, 0.25) is 11.8 Å². The van der Waals surface area contributed by atoms with Crippen LogP contribution in [0.15, 0.2) is 48.5 Å². The number of rotatable bonds is 17. The number of carbonyl (C=O) groups is 3. The third-order valence-corrected chi connectivity index (χ3v) is 11.2. The summed E-state index contributed by atoms with van der Waals surface area (Å²) in [5.41, 5.74) is 6.47. The predicted octanol–water partition coefficient (Wildman–Crippen LogP) is 4.86. The van der Waals surface area contributed by atoms with Crippen LogP contribution in [0.25, 0.3) is 0 Å². The second kappa shape index (κ2) is 19.0. The third-order valence-electron chi connectivity index (χ3n) is 11.2. The van der Waals surface area contributed by atoms with Crippen molar-refractivity contribution in [1.82, 2.24) is 20.4 Å². The van der Waals surface area contributed by atoms with E-state index in [2.05, 4.69) is 22.5 Å². The molecule has 0 radical (unpaired) electrons. The van der Waals surface area contributed by atoms with E-state index in [1.165, 1.54) is 6.42 Å². The van der Waals surface area contributed by atoms with Gasteiger partial charge in [-0.05, 0) is 98.4 Å². The number of hydrogen-bond donors (Lipinski definition) is 4. The number of aliphatic hydroxyl groups excluding tert-OH is 1. The number of carbonyl (C=O) groups excluding carboxylic acids is 3. The van der Waals surface area contributed by atoms with Gasteiger partial charge in [-0.2, -0.15) is 0 Å². The van der Waals surface area contributed by atoms with Crippen molar-refractivity contribution in [3.63, 3.8) is 0 Å². The predicted molar refractivity (Wildman–Crippen MR) is 202 cm³/mol.